The van der Waals surface area contributed by atoms with Crippen LogP contribution in [0.2, 0.25) is 0 Å². The fourth-order valence-electron chi connectivity index (χ4n) is 1.47. The number of allylic oxidation sites excluding steroid dienone is 1. The van der Waals surface area contributed by atoms with Crippen molar-refractivity contribution in [2.75, 3.05) is 5.75 Å². The van der Waals surface area contributed by atoms with Gasteiger partial charge in [-0.15, -0.1) is 18.9 Å². The lowest BCUT2D eigenvalue weighted by molar-refractivity contribution is 0.108. The highest BCUT2D eigenvalue weighted by Gasteiger charge is 2.09. The minimum Gasteiger partial charge on any atom is -0.282 e. The van der Waals surface area contributed by atoms with Crippen LogP contribution in [0.4, 0.5) is 0 Å². The summed E-state index contributed by atoms with van der Waals surface area (Å²) >= 11 is 1.34. The van der Waals surface area contributed by atoms with Crippen molar-refractivity contribution in [3.8, 4) is 12.3 Å². The summed E-state index contributed by atoms with van der Waals surface area (Å²) in [4.78, 5) is 12.0. The summed E-state index contributed by atoms with van der Waals surface area (Å²) in [5, 5.41) is 0.125. The van der Waals surface area contributed by atoms with Crippen molar-refractivity contribution >= 4 is 16.9 Å². The molecular formula is C15H16OS. The van der Waals surface area contributed by atoms with Gasteiger partial charge in [0, 0.05) is 17.7 Å². The number of carbonyl (C=O) groups excluding carboxylic acids is 1. The number of carbonyl (C=O) groups is 1. The van der Waals surface area contributed by atoms with Gasteiger partial charge < -0.3 is 0 Å². The van der Waals surface area contributed by atoms with Gasteiger partial charge in [-0.05, 0) is 18.4 Å². The van der Waals surface area contributed by atoms with Crippen molar-refractivity contribution < 1.29 is 4.79 Å². The highest BCUT2D eigenvalue weighted by atomic mass is 32.2. The first-order chi connectivity index (χ1) is 8.29. The molecule has 0 aromatic heterocycles. The van der Waals surface area contributed by atoms with Gasteiger partial charge in [-0.3, -0.25) is 4.79 Å². The second kappa shape index (κ2) is 7.76. The highest BCUT2D eigenvalue weighted by Crippen LogP contribution is 2.18. The molecule has 0 saturated heterocycles. The lowest BCUT2D eigenvalue weighted by Crippen LogP contribution is -2.00. The van der Waals surface area contributed by atoms with E-state index >= 15 is 0 Å². The van der Waals surface area contributed by atoms with Crippen LogP contribution in [0.15, 0.2) is 36.9 Å². The fraction of sp³-hybridized carbons (Fsp3) is 0.267. The zero-order chi connectivity index (χ0) is 12.5. The van der Waals surface area contributed by atoms with Crippen LogP contribution in [-0.2, 0) is 6.42 Å². The molecule has 0 aliphatic rings. The maximum atomic E-state index is 12.0. The molecule has 1 nitrogen and oxygen atoms in total. The standard InChI is InChI=1S/C15H16OS/c1-3-5-8-12-17-15(16)14-11-7-6-10-13(14)9-4-2/h1,4,6-7,10-11H,2,5,8-9,12H2. The summed E-state index contributed by atoms with van der Waals surface area (Å²) in [6.07, 6.45) is 9.32. The largest absolute Gasteiger partial charge is 0.282 e. The van der Waals surface area contributed by atoms with Crippen LogP contribution in [-0.4, -0.2) is 10.9 Å². The number of rotatable bonds is 6. The van der Waals surface area contributed by atoms with Gasteiger partial charge in [0.15, 0.2) is 0 Å². The normalized spacial score (nSPS) is 9.59. The summed E-state index contributed by atoms with van der Waals surface area (Å²) in [5.74, 6) is 3.36. The molecule has 1 aromatic carbocycles. The summed E-state index contributed by atoms with van der Waals surface area (Å²) in [7, 11) is 0. The molecule has 17 heavy (non-hydrogen) atoms. The molecule has 0 aliphatic heterocycles. The van der Waals surface area contributed by atoms with E-state index < -0.39 is 0 Å². The Morgan fingerprint density at radius 3 is 2.94 bits per heavy atom. The Morgan fingerprint density at radius 1 is 1.47 bits per heavy atom. The summed E-state index contributed by atoms with van der Waals surface area (Å²) in [6, 6.07) is 7.67. The van der Waals surface area contributed by atoms with Gasteiger partial charge in [-0.1, -0.05) is 42.1 Å². The van der Waals surface area contributed by atoms with E-state index in [1.807, 2.05) is 30.3 Å². The van der Waals surface area contributed by atoms with Crippen LogP contribution in [0.5, 0.6) is 0 Å². The molecule has 0 N–H and O–H groups in total. The highest BCUT2D eigenvalue weighted by molar-refractivity contribution is 8.14. The van der Waals surface area contributed by atoms with Crippen LogP contribution in [0.3, 0.4) is 0 Å². The molecule has 0 unspecified atom stereocenters. The van der Waals surface area contributed by atoms with Gasteiger partial charge in [-0.25, -0.2) is 0 Å². The van der Waals surface area contributed by atoms with E-state index in [1.54, 1.807) is 0 Å². The minimum atomic E-state index is 0.125. The molecule has 0 radical (unpaired) electrons. The van der Waals surface area contributed by atoms with Gasteiger partial charge in [0.2, 0.25) is 5.12 Å². The van der Waals surface area contributed by atoms with E-state index in [0.29, 0.717) is 0 Å². The second-order valence-electron chi connectivity index (χ2n) is 3.59. The number of thioether (sulfide) groups is 1. The van der Waals surface area contributed by atoms with Gasteiger partial charge in [0.05, 0.1) is 0 Å². The first-order valence-corrected chi connectivity index (χ1v) is 6.57. The molecule has 0 bridgehead atoms. The average Bonchev–Trinajstić information content (AvgIpc) is 2.35. The number of hydrogen-bond donors (Lipinski definition) is 0. The van der Waals surface area contributed by atoms with E-state index in [0.717, 1.165) is 36.1 Å². The number of benzene rings is 1. The van der Waals surface area contributed by atoms with Crippen molar-refractivity contribution in [3.05, 3.63) is 48.0 Å². The molecule has 0 heterocycles. The van der Waals surface area contributed by atoms with Crippen LogP contribution in [0.25, 0.3) is 0 Å². The zero-order valence-corrected chi connectivity index (χ0v) is 10.6. The summed E-state index contributed by atoms with van der Waals surface area (Å²) < 4.78 is 0. The first kappa shape index (κ1) is 13.6. The molecule has 0 aliphatic carbocycles. The molecule has 0 amide bonds. The van der Waals surface area contributed by atoms with E-state index in [-0.39, 0.29) is 5.12 Å². The monoisotopic (exact) mass is 244 g/mol. The number of unbranched alkanes of at least 4 members (excludes halogenated alkanes) is 1. The first-order valence-electron chi connectivity index (χ1n) is 5.59. The number of terminal acetylenes is 1. The fourth-order valence-corrected chi connectivity index (χ4v) is 2.30. The molecule has 88 valence electrons. The van der Waals surface area contributed by atoms with Crippen molar-refractivity contribution in [2.24, 2.45) is 0 Å². The smallest absolute Gasteiger partial charge is 0.219 e. The zero-order valence-electron chi connectivity index (χ0n) is 9.82. The summed E-state index contributed by atoms with van der Waals surface area (Å²) in [5.41, 5.74) is 1.83. The van der Waals surface area contributed by atoms with E-state index in [9.17, 15) is 4.79 Å². The van der Waals surface area contributed by atoms with E-state index in [2.05, 4.69) is 12.5 Å². The Bertz CT molecular complexity index is 429. The third-order valence-corrected chi connectivity index (χ3v) is 3.28. The Morgan fingerprint density at radius 2 is 2.24 bits per heavy atom. The maximum Gasteiger partial charge on any atom is 0.219 e. The van der Waals surface area contributed by atoms with Crippen molar-refractivity contribution in [3.63, 3.8) is 0 Å². The molecule has 2 heteroatoms. The quantitative estimate of drug-likeness (QED) is 0.431. The van der Waals surface area contributed by atoms with E-state index in [1.165, 1.54) is 11.8 Å². The predicted molar refractivity (Wildman–Crippen MR) is 75.2 cm³/mol. The third kappa shape index (κ3) is 4.50. The Balaban J connectivity index is 2.62. The Labute approximate surface area is 107 Å². The predicted octanol–water partition coefficient (Wildman–Crippen LogP) is 3.70. The van der Waals surface area contributed by atoms with Crippen LogP contribution >= 0.6 is 11.8 Å². The topological polar surface area (TPSA) is 17.1 Å². The van der Waals surface area contributed by atoms with Gasteiger partial charge >= 0.3 is 0 Å². The lowest BCUT2D eigenvalue weighted by Gasteiger charge is -2.05. The minimum absolute atomic E-state index is 0.125. The van der Waals surface area contributed by atoms with Crippen molar-refractivity contribution in [1.29, 1.82) is 0 Å². The third-order valence-electron chi connectivity index (χ3n) is 2.30. The molecular weight excluding hydrogens is 228 g/mol. The molecule has 0 spiro atoms. The van der Waals surface area contributed by atoms with Crippen LogP contribution in [0.1, 0.15) is 28.8 Å². The molecule has 1 aromatic rings. The average molecular weight is 244 g/mol. The Kier molecular flexibility index (Phi) is 6.21. The number of hydrogen-bond acceptors (Lipinski definition) is 2. The molecule has 0 atom stereocenters. The van der Waals surface area contributed by atoms with Gasteiger partial charge in [-0.2, -0.15) is 0 Å². The van der Waals surface area contributed by atoms with E-state index in [4.69, 9.17) is 6.42 Å². The summed E-state index contributed by atoms with van der Waals surface area (Å²) in [6.45, 7) is 3.70. The maximum absolute atomic E-state index is 12.0. The molecule has 1 rings (SSSR count). The van der Waals surface area contributed by atoms with Crippen molar-refractivity contribution in [1.82, 2.24) is 0 Å². The van der Waals surface area contributed by atoms with Gasteiger partial charge in [0.1, 0.15) is 0 Å². The van der Waals surface area contributed by atoms with Crippen LogP contribution < -0.4 is 0 Å². The lowest BCUT2D eigenvalue weighted by atomic mass is 10.1. The van der Waals surface area contributed by atoms with Crippen molar-refractivity contribution in [2.45, 2.75) is 19.3 Å². The Hall–Kier alpha value is -1.46. The second-order valence-corrected chi connectivity index (χ2v) is 4.66. The molecule has 0 fully saturated rings. The molecule has 0 saturated carbocycles. The SMILES string of the molecule is C#CCCCSC(=O)c1ccccc1CC=C. The van der Waals surface area contributed by atoms with Crippen LogP contribution in [0, 0.1) is 12.3 Å². The van der Waals surface area contributed by atoms with Gasteiger partial charge in [0.25, 0.3) is 0 Å².